The van der Waals surface area contributed by atoms with E-state index in [4.69, 9.17) is 15.6 Å². The summed E-state index contributed by atoms with van der Waals surface area (Å²) in [6.45, 7) is 0.695. The molecule has 2 rings (SSSR count). The van der Waals surface area contributed by atoms with Crippen molar-refractivity contribution >= 4 is 17.3 Å². The van der Waals surface area contributed by atoms with Gasteiger partial charge in [0.05, 0.1) is 22.5 Å². The number of anilines is 2. The molecule has 0 saturated heterocycles. The van der Waals surface area contributed by atoms with E-state index in [1.807, 2.05) is 0 Å². The normalized spacial score (nSPS) is 16.9. The topological polar surface area (TPSA) is 84.6 Å². The Morgan fingerprint density at radius 2 is 2.28 bits per heavy atom. The number of aromatic carboxylic acids is 1. The van der Waals surface area contributed by atoms with Gasteiger partial charge in [-0.1, -0.05) is 0 Å². The first-order valence-electron chi connectivity index (χ1n) is 5.98. The van der Waals surface area contributed by atoms with Crippen molar-refractivity contribution in [1.82, 2.24) is 0 Å². The van der Waals surface area contributed by atoms with Gasteiger partial charge in [0, 0.05) is 13.7 Å². The van der Waals surface area contributed by atoms with E-state index in [0.717, 1.165) is 18.5 Å². The summed E-state index contributed by atoms with van der Waals surface area (Å²) in [5.41, 5.74) is 7.13. The summed E-state index contributed by atoms with van der Waals surface area (Å²) >= 11 is 0. The SMILES string of the molecule is COC1(CNc2ccc(C(=O)O)cc2N)CCC1. The molecule has 0 spiro atoms. The van der Waals surface area contributed by atoms with Crippen molar-refractivity contribution in [2.75, 3.05) is 24.7 Å². The highest BCUT2D eigenvalue weighted by Crippen LogP contribution is 2.35. The monoisotopic (exact) mass is 250 g/mol. The van der Waals surface area contributed by atoms with Crippen molar-refractivity contribution < 1.29 is 14.6 Å². The third-order valence-corrected chi connectivity index (χ3v) is 3.60. The summed E-state index contributed by atoms with van der Waals surface area (Å²) in [5.74, 6) is -0.972. The lowest BCUT2D eigenvalue weighted by atomic mass is 9.80. The van der Waals surface area contributed by atoms with Crippen LogP contribution in [0.2, 0.25) is 0 Å². The number of hydrogen-bond acceptors (Lipinski definition) is 4. The highest BCUT2D eigenvalue weighted by Gasteiger charge is 2.36. The van der Waals surface area contributed by atoms with Crippen LogP contribution in [0, 0.1) is 0 Å². The Morgan fingerprint density at radius 3 is 2.72 bits per heavy atom. The molecule has 0 amide bonds. The van der Waals surface area contributed by atoms with Crippen LogP contribution < -0.4 is 11.1 Å². The van der Waals surface area contributed by atoms with Gasteiger partial charge >= 0.3 is 5.97 Å². The highest BCUT2D eigenvalue weighted by molar-refractivity contribution is 5.90. The summed E-state index contributed by atoms with van der Waals surface area (Å²) in [6.07, 6.45) is 3.27. The fourth-order valence-corrected chi connectivity index (χ4v) is 2.14. The molecule has 0 atom stereocenters. The van der Waals surface area contributed by atoms with Gasteiger partial charge in [0.2, 0.25) is 0 Å². The zero-order chi connectivity index (χ0) is 13.2. The van der Waals surface area contributed by atoms with Crippen LogP contribution in [0.15, 0.2) is 18.2 Å². The van der Waals surface area contributed by atoms with E-state index < -0.39 is 5.97 Å². The molecule has 1 aromatic rings. The molecule has 5 heteroatoms. The number of nitrogen functional groups attached to an aromatic ring is 1. The van der Waals surface area contributed by atoms with Gasteiger partial charge in [0.25, 0.3) is 0 Å². The quantitative estimate of drug-likeness (QED) is 0.695. The predicted octanol–water partition coefficient (Wildman–Crippen LogP) is 1.95. The van der Waals surface area contributed by atoms with Crippen LogP contribution in [-0.2, 0) is 4.74 Å². The van der Waals surface area contributed by atoms with E-state index in [1.54, 1.807) is 19.2 Å². The second-order valence-corrected chi connectivity index (χ2v) is 4.70. The largest absolute Gasteiger partial charge is 0.478 e. The van der Waals surface area contributed by atoms with Gasteiger partial charge in [0.1, 0.15) is 0 Å². The van der Waals surface area contributed by atoms with Crippen molar-refractivity contribution in [2.45, 2.75) is 24.9 Å². The number of nitrogens with one attached hydrogen (secondary N) is 1. The van der Waals surface area contributed by atoms with Gasteiger partial charge in [-0.25, -0.2) is 4.79 Å². The molecular weight excluding hydrogens is 232 g/mol. The fraction of sp³-hybridized carbons (Fsp3) is 0.462. The second-order valence-electron chi connectivity index (χ2n) is 4.70. The molecule has 0 aliphatic heterocycles. The smallest absolute Gasteiger partial charge is 0.335 e. The van der Waals surface area contributed by atoms with E-state index >= 15 is 0 Å². The Balaban J connectivity index is 2.03. The summed E-state index contributed by atoms with van der Waals surface area (Å²) in [5, 5.41) is 12.1. The third kappa shape index (κ3) is 2.41. The van der Waals surface area contributed by atoms with Crippen LogP contribution in [0.5, 0.6) is 0 Å². The van der Waals surface area contributed by atoms with E-state index in [1.165, 1.54) is 12.5 Å². The molecule has 0 bridgehead atoms. The number of ether oxygens (including phenoxy) is 1. The molecule has 0 aromatic heterocycles. The molecule has 1 aliphatic rings. The van der Waals surface area contributed by atoms with Crippen LogP contribution in [0.25, 0.3) is 0 Å². The van der Waals surface area contributed by atoms with Crippen LogP contribution in [0.4, 0.5) is 11.4 Å². The summed E-state index contributed by atoms with van der Waals surface area (Å²) in [6, 6.07) is 4.70. The number of carboxylic acid groups (broad SMARTS) is 1. The van der Waals surface area contributed by atoms with Gasteiger partial charge in [-0.05, 0) is 37.5 Å². The number of nitrogens with two attached hydrogens (primary N) is 1. The lowest BCUT2D eigenvalue weighted by Crippen LogP contribution is -2.45. The first-order valence-corrected chi connectivity index (χ1v) is 5.98. The molecule has 5 nitrogen and oxygen atoms in total. The van der Waals surface area contributed by atoms with Gasteiger partial charge in [-0.15, -0.1) is 0 Å². The zero-order valence-electron chi connectivity index (χ0n) is 10.4. The molecule has 0 radical (unpaired) electrons. The third-order valence-electron chi connectivity index (χ3n) is 3.60. The van der Waals surface area contributed by atoms with E-state index in [-0.39, 0.29) is 11.2 Å². The Hall–Kier alpha value is -1.75. The Bertz CT molecular complexity index is 450. The maximum absolute atomic E-state index is 10.8. The van der Waals surface area contributed by atoms with Crippen molar-refractivity contribution in [1.29, 1.82) is 0 Å². The first-order chi connectivity index (χ1) is 8.56. The lowest BCUT2D eigenvalue weighted by Gasteiger charge is -2.40. The van der Waals surface area contributed by atoms with E-state index in [0.29, 0.717) is 12.2 Å². The van der Waals surface area contributed by atoms with Crippen molar-refractivity contribution in [2.24, 2.45) is 0 Å². The van der Waals surface area contributed by atoms with Crippen molar-refractivity contribution in [3.05, 3.63) is 23.8 Å². The van der Waals surface area contributed by atoms with Crippen molar-refractivity contribution in [3.8, 4) is 0 Å². The van der Waals surface area contributed by atoms with Crippen LogP contribution in [0.1, 0.15) is 29.6 Å². The molecule has 1 aromatic carbocycles. The van der Waals surface area contributed by atoms with Gasteiger partial charge in [0.15, 0.2) is 0 Å². The lowest BCUT2D eigenvalue weighted by molar-refractivity contribution is -0.0601. The van der Waals surface area contributed by atoms with Crippen molar-refractivity contribution in [3.63, 3.8) is 0 Å². The molecule has 18 heavy (non-hydrogen) atoms. The number of carbonyl (C=O) groups is 1. The second kappa shape index (κ2) is 4.86. The predicted molar refractivity (Wildman–Crippen MR) is 69.9 cm³/mol. The minimum absolute atomic E-state index is 0.0854. The number of hydrogen-bond donors (Lipinski definition) is 3. The highest BCUT2D eigenvalue weighted by atomic mass is 16.5. The van der Waals surface area contributed by atoms with Crippen LogP contribution in [-0.4, -0.2) is 30.3 Å². The zero-order valence-corrected chi connectivity index (χ0v) is 10.4. The molecule has 98 valence electrons. The number of methoxy groups -OCH3 is 1. The van der Waals surface area contributed by atoms with E-state index in [2.05, 4.69) is 5.32 Å². The number of carboxylic acids is 1. The standard InChI is InChI=1S/C13H18N2O3/c1-18-13(5-2-6-13)8-15-11-4-3-9(12(16)17)7-10(11)14/h3-4,7,15H,2,5-6,8,14H2,1H3,(H,16,17). The minimum atomic E-state index is -0.972. The molecular formula is C13H18N2O3. The molecule has 0 heterocycles. The Morgan fingerprint density at radius 1 is 1.56 bits per heavy atom. The first kappa shape index (κ1) is 12.7. The molecule has 4 N–H and O–H groups in total. The molecule has 1 saturated carbocycles. The Kier molecular flexibility index (Phi) is 3.43. The van der Waals surface area contributed by atoms with E-state index in [9.17, 15) is 4.79 Å². The van der Waals surface area contributed by atoms with Crippen LogP contribution >= 0.6 is 0 Å². The molecule has 1 aliphatic carbocycles. The maximum Gasteiger partial charge on any atom is 0.335 e. The molecule has 1 fully saturated rings. The summed E-state index contributed by atoms with van der Waals surface area (Å²) in [4.78, 5) is 10.8. The molecule has 0 unspecified atom stereocenters. The van der Waals surface area contributed by atoms with Gasteiger partial charge in [-0.2, -0.15) is 0 Å². The fourth-order valence-electron chi connectivity index (χ4n) is 2.14. The number of benzene rings is 1. The maximum atomic E-state index is 10.8. The van der Waals surface area contributed by atoms with Gasteiger partial charge < -0.3 is 20.9 Å². The number of rotatable bonds is 5. The average Bonchev–Trinajstić information content (AvgIpc) is 2.29. The average molecular weight is 250 g/mol. The minimum Gasteiger partial charge on any atom is -0.478 e. The van der Waals surface area contributed by atoms with Crippen LogP contribution in [0.3, 0.4) is 0 Å². The summed E-state index contributed by atoms with van der Waals surface area (Å²) < 4.78 is 5.50. The summed E-state index contributed by atoms with van der Waals surface area (Å²) in [7, 11) is 1.72. The Labute approximate surface area is 106 Å². The van der Waals surface area contributed by atoms with Gasteiger partial charge in [-0.3, -0.25) is 0 Å².